The van der Waals surface area contributed by atoms with Crippen LogP contribution < -0.4 is 0 Å². The van der Waals surface area contributed by atoms with Crippen molar-refractivity contribution in [2.75, 3.05) is 39.3 Å². The average molecular weight is 318 g/mol. The van der Waals surface area contributed by atoms with Crippen molar-refractivity contribution in [1.29, 1.82) is 0 Å². The fourth-order valence-corrected chi connectivity index (χ4v) is 2.70. The van der Waals surface area contributed by atoms with Gasteiger partial charge >= 0.3 is 0 Å². The van der Waals surface area contributed by atoms with E-state index in [1.165, 1.54) is 16.9 Å². The highest BCUT2D eigenvalue weighted by atomic mass is 19.1. The molecule has 0 radical (unpaired) electrons. The lowest BCUT2D eigenvalue weighted by molar-refractivity contribution is 0.0615. The Balaban J connectivity index is 1.69. The predicted octanol–water partition coefficient (Wildman–Crippen LogP) is 0.762. The van der Waals surface area contributed by atoms with Crippen LogP contribution in [-0.4, -0.2) is 69.9 Å². The highest BCUT2D eigenvalue weighted by Crippen LogP contribution is 2.14. The number of aromatic nitrogens is 2. The second kappa shape index (κ2) is 6.89. The zero-order valence-corrected chi connectivity index (χ0v) is 12.7. The highest BCUT2D eigenvalue weighted by Gasteiger charge is 2.23. The molecule has 122 valence electrons. The molecule has 0 bridgehead atoms. The molecular weight excluding hydrogens is 299 g/mol. The zero-order valence-electron chi connectivity index (χ0n) is 12.7. The largest absolute Gasteiger partial charge is 0.395 e. The summed E-state index contributed by atoms with van der Waals surface area (Å²) in [6.45, 7) is 3.48. The molecule has 2 heterocycles. The van der Waals surface area contributed by atoms with Gasteiger partial charge in [-0.25, -0.2) is 9.07 Å². The molecule has 2 aromatic rings. The third-order valence-corrected chi connectivity index (χ3v) is 4.00. The average Bonchev–Trinajstić information content (AvgIpc) is 3.05. The fraction of sp³-hybridized carbons (Fsp3) is 0.375. The third-order valence-electron chi connectivity index (χ3n) is 4.00. The lowest BCUT2D eigenvalue weighted by Crippen LogP contribution is -2.49. The van der Waals surface area contributed by atoms with Gasteiger partial charge in [0.25, 0.3) is 5.91 Å². The van der Waals surface area contributed by atoms with Crippen molar-refractivity contribution in [3.63, 3.8) is 0 Å². The summed E-state index contributed by atoms with van der Waals surface area (Å²) in [5.74, 6) is -0.483. The normalized spacial score (nSPS) is 15.8. The van der Waals surface area contributed by atoms with Crippen molar-refractivity contribution in [2.24, 2.45) is 0 Å². The van der Waals surface area contributed by atoms with Gasteiger partial charge in [-0.2, -0.15) is 5.10 Å². The van der Waals surface area contributed by atoms with Gasteiger partial charge in [0.1, 0.15) is 11.5 Å². The molecule has 1 amide bonds. The quantitative estimate of drug-likeness (QED) is 0.904. The number of para-hydroxylation sites is 1. The van der Waals surface area contributed by atoms with Crippen molar-refractivity contribution < 1.29 is 14.3 Å². The van der Waals surface area contributed by atoms with Crippen molar-refractivity contribution in [2.45, 2.75) is 0 Å². The molecule has 1 aliphatic heterocycles. The van der Waals surface area contributed by atoms with E-state index in [0.29, 0.717) is 30.9 Å². The summed E-state index contributed by atoms with van der Waals surface area (Å²) in [6.07, 6.45) is 3.02. The number of carbonyl (C=O) groups is 1. The lowest BCUT2D eigenvalue weighted by atomic mass is 10.2. The number of rotatable bonds is 4. The van der Waals surface area contributed by atoms with Crippen LogP contribution in [-0.2, 0) is 0 Å². The molecule has 1 aliphatic rings. The van der Waals surface area contributed by atoms with E-state index in [1.807, 2.05) is 0 Å². The van der Waals surface area contributed by atoms with Crippen LogP contribution in [0.1, 0.15) is 10.4 Å². The monoisotopic (exact) mass is 318 g/mol. The van der Waals surface area contributed by atoms with Crippen molar-refractivity contribution in [1.82, 2.24) is 19.6 Å². The van der Waals surface area contributed by atoms with E-state index >= 15 is 0 Å². The van der Waals surface area contributed by atoms with E-state index in [9.17, 15) is 9.18 Å². The molecule has 0 saturated carbocycles. The zero-order chi connectivity index (χ0) is 16.2. The van der Waals surface area contributed by atoms with Gasteiger partial charge in [0, 0.05) is 38.9 Å². The Morgan fingerprint density at radius 2 is 1.96 bits per heavy atom. The Kier molecular flexibility index (Phi) is 4.68. The van der Waals surface area contributed by atoms with Crippen molar-refractivity contribution >= 4 is 5.91 Å². The van der Waals surface area contributed by atoms with Gasteiger partial charge in [0.15, 0.2) is 0 Å². The van der Waals surface area contributed by atoms with Crippen LogP contribution in [0.3, 0.4) is 0 Å². The van der Waals surface area contributed by atoms with Gasteiger partial charge in [0.2, 0.25) is 0 Å². The molecule has 1 aromatic carbocycles. The lowest BCUT2D eigenvalue weighted by Gasteiger charge is -2.34. The number of aliphatic hydroxyl groups excluding tert-OH is 1. The van der Waals surface area contributed by atoms with Crippen molar-refractivity contribution in [3.05, 3.63) is 48.0 Å². The molecule has 23 heavy (non-hydrogen) atoms. The Hall–Kier alpha value is -2.25. The third kappa shape index (κ3) is 3.40. The van der Waals surface area contributed by atoms with Gasteiger partial charge in [-0.3, -0.25) is 9.69 Å². The summed E-state index contributed by atoms with van der Waals surface area (Å²) < 4.78 is 15.2. The van der Waals surface area contributed by atoms with E-state index in [4.69, 9.17) is 5.11 Å². The first kappa shape index (κ1) is 15.6. The second-order valence-corrected chi connectivity index (χ2v) is 5.48. The summed E-state index contributed by atoms with van der Waals surface area (Å²) >= 11 is 0. The highest BCUT2D eigenvalue weighted by molar-refractivity contribution is 5.93. The Morgan fingerprint density at radius 1 is 1.22 bits per heavy atom. The van der Waals surface area contributed by atoms with Crippen LogP contribution in [0.2, 0.25) is 0 Å². The number of β-amino-alcohol motifs (C(OH)–C–C–N with tert-alkyl or cyclic N) is 1. The minimum Gasteiger partial charge on any atom is -0.395 e. The number of nitrogens with zero attached hydrogens (tertiary/aromatic N) is 4. The molecule has 0 aliphatic carbocycles. The first-order valence-corrected chi connectivity index (χ1v) is 7.61. The number of carbonyl (C=O) groups excluding carboxylic acids is 1. The molecule has 0 unspecified atom stereocenters. The standard InChI is InChI=1S/C16H19FN4O2/c17-14-3-1-2-4-15(14)21-12-13(11-18-21)16(23)20-7-5-19(6-8-20)9-10-22/h1-4,11-12,22H,5-10H2. The SMILES string of the molecule is O=C(c1cnn(-c2ccccc2F)c1)N1CCN(CCO)CC1. The molecule has 1 fully saturated rings. The maximum absolute atomic E-state index is 13.8. The van der Waals surface area contributed by atoms with E-state index in [1.54, 1.807) is 29.3 Å². The smallest absolute Gasteiger partial charge is 0.257 e. The Bertz CT molecular complexity index is 680. The summed E-state index contributed by atoms with van der Waals surface area (Å²) in [5, 5.41) is 13.0. The van der Waals surface area contributed by atoms with Crippen molar-refractivity contribution in [3.8, 4) is 5.69 Å². The second-order valence-electron chi connectivity index (χ2n) is 5.48. The molecule has 1 saturated heterocycles. The van der Waals surface area contributed by atoms with Gasteiger partial charge in [-0.15, -0.1) is 0 Å². The van der Waals surface area contributed by atoms with E-state index in [-0.39, 0.29) is 18.3 Å². The van der Waals surface area contributed by atoms with Crippen LogP contribution in [0.4, 0.5) is 4.39 Å². The number of aliphatic hydroxyl groups is 1. The number of halogens is 1. The number of hydrogen-bond donors (Lipinski definition) is 1. The van der Waals surface area contributed by atoms with Crippen LogP contribution >= 0.6 is 0 Å². The first-order valence-electron chi connectivity index (χ1n) is 7.61. The number of hydrogen-bond acceptors (Lipinski definition) is 4. The Labute approximate surface area is 133 Å². The molecule has 1 N–H and O–H groups in total. The van der Waals surface area contributed by atoms with E-state index in [2.05, 4.69) is 10.00 Å². The van der Waals surface area contributed by atoms with Gasteiger partial charge < -0.3 is 10.0 Å². The number of amides is 1. The number of benzene rings is 1. The minimum absolute atomic E-state index is 0.101. The van der Waals surface area contributed by atoms with Crippen LogP contribution in [0.15, 0.2) is 36.7 Å². The van der Waals surface area contributed by atoms with E-state index < -0.39 is 0 Å². The first-order chi connectivity index (χ1) is 11.2. The predicted molar refractivity (Wildman–Crippen MR) is 83.0 cm³/mol. The van der Waals surface area contributed by atoms with Gasteiger partial charge in [-0.05, 0) is 12.1 Å². The molecule has 0 spiro atoms. The summed E-state index contributed by atoms with van der Waals surface area (Å²) in [6, 6.07) is 6.31. The molecule has 1 aromatic heterocycles. The van der Waals surface area contributed by atoms with Crippen LogP contribution in [0.5, 0.6) is 0 Å². The van der Waals surface area contributed by atoms with Gasteiger partial charge in [0.05, 0.1) is 18.4 Å². The maximum atomic E-state index is 13.8. The molecule has 7 heteroatoms. The number of piperazine rings is 1. The van der Waals surface area contributed by atoms with Crippen LogP contribution in [0, 0.1) is 5.82 Å². The van der Waals surface area contributed by atoms with E-state index in [0.717, 1.165) is 13.1 Å². The molecule has 0 atom stereocenters. The molecular formula is C16H19FN4O2. The summed E-state index contributed by atoms with van der Waals surface area (Å²) in [4.78, 5) is 16.4. The van der Waals surface area contributed by atoms with Crippen LogP contribution in [0.25, 0.3) is 5.69 Å². The minimum atomic E-state index is -0.382. The fourth-order valence-electron chi connectivity index (χ4n) is 2.70. The molecule has 6 nitrogen and oxygen atoms in total. The van der Waals surface area contributed by atoms with Gasteiger partial charge in [-0.1, -0.05) is 12.1 Å². The summed E-state index contributed by atoms with van der Waals surface area (Å²) in [7, 11) is 0. The maximum Gasteiger partial charge on any atom is 0.257 e. The summed E-state index contributed by atoms with van der Waals surface area (Å²) in [5.41, 5.74) is 0.767. The molecule has 3 rings (SSSR count). The topological polar surface area (TPSA) is 61.6 Å². The Morgan fingerprint density at radius 3 is 2.65 bits per heavy atom.